The molecule has 3 heteroatoms. The van der Waals surface area contributed by atoms with Gasteiger partial charge in [-0.05, 0) is 49.9 Å². The van der Waals surface area contributed by atoms with Crippen molar-refractivity contribution in [2.45, 2.75) is 38.3 Å². The summed E-state index contributed by atoms with van der Waals surface area (Å²) in [6, 6.07) is 6.49. The largest absolute Gasteiger partial charge is 0.399 e. The quantitative estimate of drug-likeness (QED) is 0.663. The van der Waals surface area contributed by atoms with Gasteiger partial charge in [0.15, 0.2) is 0 Å². The van der Waals surface area contributed by atoms with Gasteiger partial charge in [-0.15, -0.1) is 0 Å². The first-order valence-corrected chi connectivity index (χ1v) is 5.94. The van der Waals surface area contributed by atoms with Gasteiger partial charge < -0.3 is 16.2 Å². The maximum atomic E-state index is 9.97. The molecule has 88 valence electrons. The third kappa shape index (κ3) is 2.97. The van der Waals surface area contributed by atoms with Crippen LogP contribution in [-0.4, -0.2) is 17.7 Å². The lowest BCUT2D eigenvalue weighted by Crippen LogP contribution is -2.19. The third-order valence-corrected chi connectivity index (χ3v) is 3.12. The lowest BCUT2D eigenvalue weighted by molar-refractivity contribution is 0.167. The van der Waals surface area contributed by atoms with Crippen molar-refractivity contribution in [3.8, 4) is 0 Å². The summed E-state index contributed by atoms with van der Waals surface area (Å²) in [5.74, 6) is 0. The number of anilines is 1. The standard InChI is InChI=1S/C13H20N2O/c1-9-2-3-10(8-12(9)14)13(16)6-7-15-11-4-5-11/h2-3,8,11,13,15-16H,4-7,14H2,1H3. The minimum Gasteiger partial charge on any atom is -0.399 e. The van der Waals surface area contributed by atoms with Gasteiger partial charge in [-0.3, -0.25) is 0 Å². The lowest BCUT2D eigenvalue weighted by Gasteiger charge is -2.12. The molecule has 1 aromatic rings. The average Bonchev–Trinajstić information content (AvgIpc) is 3.06. The van der Waals surface area contributed by atoms with E-state index in [4.69, 9.17) is 5.73 Å². The number of rotatable bonds is 5. The van der Waals surface area contributed by atoms with E-state index in [0.29, 0.717) is 6.04 Å². The molecule has 0 heterocycles. The number of benzene rings is 1. The fraction of sp³-hybridized carbons (Fsp3) is 0.538. The van der Waals surface area contributed by atoms with Crippen molar-refractivity contribution in [2.75, 3.05) is 12.3 Å². The second-order valence-electron chi connectivity index (χ2n) is 4.65. The van der Waals surface area contributed by atoms with Crippen LogP contribution in [0.1, 0.15) is 36.5 Å². The second-order valence-corrected chi connectivity index (χ2v) is 4.65. The summed E-state index contributed by atoms with van der Waals surface area (Å²) >= 11 is 0. The van der Waals surface area contributed by atoms with Gasteiger partial charge in [0.25, 0.3) is 0 Å². The van der Waals surface area contributed by atoms with E-state index in [1.54, 1.807) is 0 Å². The maximum Gasteiger partial charge on any atom is 0.0802 e. The van der Waals surface area contributed by atoms with Crippen molar-refractivity contribution in [1.82, 2.24) is 5.32 Å². The van der Waals surface area contributed by atoms with Crippen molar-refractivity contribution in [3.05, 3.63) is 29.3 Å². The number of nitrogen functional groups attached to an aromatic ring is 1. The summed E-state index contributed by atoms with van der Waals surface area (Å²) in [5, 5.41) is 13.4. The van der Waals surface area contributed by atoms with Crippen molar-refractivity contribution in [1.29, 1.82) is 0 Å². The van der Waals surface area contributed by atoms with E-state index < -0.39 is 6.10 Å². The number of aliphatic hydroxyl groups is 1. The van der Waals surface area contributed by atoms with Crippen LogP contribution in [-0.2, 0) is 0 Å². The molecule has 0 radical (unpaired) electrons. The summed E-state index contributed by atoms with van der Waals surface area (Å²) in [6.45, 7) is 2.85. The minimum atomic E-state index is -0.408. The Morgan fingerprint density at radius 2 is 2.25 bits per heavy atom. The van der Waals surface area contributed by atoms with E-state index in [9.17, 15) is 5.11 Å². The molecule has 1 saturated carbocycles. The lowest BCUT2D eigenvalue weighted by atomic mass is 10.0. The SMILES string of the molecule is Cc1ccc(C(O)CCNC2CC2)cc1N. The average molecular weight is 220 g/mol. The Morgan fingerprint density at radius 1 is 1.50 bits per heavy atom. The van der Waals surface area contributed by atoms with Crippen molar-refractivity contribution < 1.29 is 5.11 Å². The fourth-order valence-corrected chi connectivity index (χ4v) is 1.74. The van der Waals surface area contributed by atoms with Crippen LogP contribution in [0.4, 0.5) is 5.69 Å². The van der Waals surface area contributed by atoms with Gasteiger partial charge in [-0.25, -0.2) is 0 Å². The summed E-state index contributed by atoms with van der Waals surface area (Å²) in [6.07, 6.45) is 2.91. The van der Waals surface area contributed by atoms with Gasteiger partial charge >= 0.3 is 0 Å². The van der Waals surface area contributed by atoms with Crippen LogP contribution >= 0.6 is 0 Å². The number of nitrogens with two attached hydrogens (primary N) is 1. The molecular formula is C13H20N2O. The molecule has 0 amide bonds. The zero-order valence-corrected chi connectivity index (χ0v) is 9.74. The smallest absolute Gasteiger partial charge is 0.0802 e. The van der Waals surface area contributed by atoms with Crippen molar-refractivity contribution in [3.63, 3.8) is 0 Å². The molecule has 1 aliphatic carbocycles. The van der Waals surface area contributed by atoms with Gasteiger partial charge in [0.05, 0.1) is 6.10 Å². The van der Waals surface area contributed by atoms with Crippen molar-refractivity contribution >= 4 is 5.69 Å². The molecule has 0 saturated heterocycles. The summed E-state index contributed by atoms with van der Waals surface area (Å²) in [4.78, 5) is 0. The predicted molar refractivity (Wildman–Crippen MR) is 66.2 cm³/mol. The summed E-state index contributed by atoms with van der Waals surface area (Å²) in [7, 11) is 0. The Bertz CT molecular complexity index is 361. The van der Waals surface area contributed by atoms with Gasteiger partial charge in [0, 0.05) is 11.7 Å². The highest BCUT2D eigenvalue weighted by molar-refractivity contribution is 5.48. The van der Waals surface area contributed by atoms with E-state index in [1.807, 2.05) is 25.1 Å². The molecule has 0 aliphatic heterocycles. The van der Waals surface area contributed by atoms with Crippen LogP contribution in [0.2, 0.25) is 0 Å². The van der Waals surface area contributed by atoms with Crippen LogP contribution in [0.5, 0.6) is 0 Å². The molecule has 0 aromatic heterocycles. The molecule has 2 rings (SSSR count). The Morgan fingerprint density at radius 3 is 2.88 bits per heavy atom. The highest BCUT2D eigenvalue weighted by Gasteiger charge is 2.20. The van der Waals surface area contributed by atoms with Gasteiger partial charge in [0.1, 0.15) is 0 Å². The Labute approximate surface area is 96.7 Å². The Hall–Kier alpha value is -1.06. The van der Waals surface area contributed by atoms with Crippen LogP contribution in [0.3, 0.4) is 0 Å². The number of aryl methyl sites for hydroxylation is 1. The molecule has 4 N–H and O–H groups in total. The predicted octanol–water partition coefficient (Wildman–Crippen LogP) is 1.75. The van der Waals surface area contributed by atoms with Crippen LogP contribution in [0.25, 0.3) is 0 Å². The van der Waals surface area contributed by atoms with Crippen LogP contribution < -0.4 is 11.1 Å². The number of nitrogens with one attached hydrogen (secondary N) is 1. The first kappa shape index (κ1) is 11.4. The third-order valence-electron chi connectivity index (χ3n) is 3.12. The molecule has 16 heavy (non-hydrogen) atoms. The minimum absolute atomic E-state index is 0.408. The van der Waals surface area contributed by atoms with E-state index >= 15 is 0 Å². The van der Waals surface area contributed by atoms with E-state index in [1.165, 1.54) is 12.8 Å². The molecule has 1 fully saturated rings. The molecule has 1 aromatic carbocycles. The number of hydrogen-bond acceptors (Lipinski definition) is 3. The number of hydrogen-bond donors (Lipinski definition) is 3. The molecule has 3 nitrogen and oxygen atoms in total. The molecule has 0 spiro atoms. The van der Waals surface area contributed by atoms with Crippen LogP contribution in [0.15, 0.2) is 18.2 Å². The fourth-order valence-electron chi connectivity index (χ4n) is 1.74. The zero-order chi connectivity index (χ0) is 11.5. The zero-order valence-electron chi connectivity index (χ0n) is 9.74. The first-order valence-electron chi connectivity index (χ1n) is 5.94. The highest BCUT2D eigenvalue weighted by Crippen LogP contribution is 2.22. The topological polar surface area (TPSA) is 58.3 Å². The normalized spacial score (nSPS) is 17.4. The summed E-state index contributed by atoms with van der Waals surface area (Å²) < 4.78 is 0. The Balaban J connectivity index is 1.86. The van der Waals surface area contributed by atoms with Gasteiger partial charge in [0.2, 0.25) is 0 Å². The molecule has 1 aliphatic rings. The Kier molecular flexibility index (Phi) is 3.46. The van der Waals surface area contributed by atoms with E-state index in [0.717, 1.165) is 29.8 Å². The number of aliphatic hydroxyl groups excluding tert-OH is 1. The van der Waals surface area contributed by atoms with Gasteiger partial charge in [-0.2, -0.15) is 0 Å². The second kappa shape index (κ2) is 4.85. The highest BCUT2D eigenvalue weighted by atomic mass is 16.3. The molecule has 1 unspecified atom stereocenters. The molecular weight excluding hydrogens is 200 g/mol. The van der Waals surface area contributed by atoms with E-state index in [-0.39, 0.29) is 0 Å². The summed E-state index contributed by atoms with van der Waals surface area (Å²) in [5.41, 5.74) is 8.55. The van der Waals surface area contributed by atoms with Crippen LogP contribution in [0, 0.1) is 6.92 Å². The molecule has 0 bridgehead atoms. The molecule has 1 atom stereocenters. The van der Waals surface area contributed by atoms with Crippen molar-refractivity contribution in [2.24, 2.45) is 0 Å². The van der Waals surface area contributed by atoms with Gasteiger partial charge in [-0.1, -0.05) is 12.1 Å². The first-order chi connectivity index (χ1) is 7.66. The maximum absolute atomic E-state index is 9.97. The van der Waals surface area contributed by atoms with E-state index in [2.05, 4.69) is 5.32 Å². The monoisotopic (exact) mass is 220 g/mol.